The van der Waals surface area contributed by atoms with Gasteiger partial charge >= 0.3 is 0 Å². The molecule has 3 aromatic rings. The van der Waals surface area contributed by atoms with Gasteiger partial charge in [-0.15, -0.1) is 0 Å². The van der Waals surface area contributed by atoms with Gasteiger partial charge < -0.3 is 10.3 Å². The predicted octanol–water partition coefficient (Wildman–Crippen LogP) is 3.90. The Balaban J connectivity index is 1.99. The molecule has 0 aliphatic heterocycles. The van der Waals surface area contributed by atoms with Crippen LogP contribution in [0.5, 0.6) is 0 Å². The van der Waals surface area contributed by atoms with E-state index in [9.17, 15) is 0 Å². The van der Waals surface area contributed by atoms with Gasteiger partial charge in [0, 0.05) is 35.1 Å². The molecule has 0 amide bonds. The molecule has 0 fully saturated rings. The summed E-state index contributed by atoms with van der Waals surface area (Å²) >= 11 is 1.66. The average molecular weight is 272 g/mol. The Kier molecular flexibility index (Phi) is 2.78. The lowest BCUT2D eigenvalue weighted by Crippen LogP contribution is -2.25. The highest BCUT2D eigenvalue weighted by atomic mass is 32.1. The van der Waals surface area contributed by atoms with E-state index in [0.29, 0.717) is 0 Å². The molecule has 3 heterocycles. The molecule has 0 spiro atoms. The van der Waals surface area contributed by atoms with Crippen molar-refractivity contribution in [1.82, 2.24) is 15.0 Å². The number of fused-ring (bicyclic) bond motifs is 1. The molecule has 5 heteroatoms. The molecule has 0 atom stereocenters. The van der Waals surface area contributed by atoms with Gasteiger partial charge in [-0.1, -0.05) is 11.3 Å². The van der Waals surface area contributed by atoms with Crippen LogP contribution in [0.1, 0.15) is 20.8 Å². The smallest absolute Gasteiger partial charge is 0.183 e. The Labute approximate surface area is 115 Å². The summed E-state index contributed by atoms with van der Waals surface area (Å²) in [5.41, 5.74) is 2.09. The fraction of sp³-hybridized carbons (Fsp3) is 0.286. The van der Waals surface area contributed by atoms with Crippen LogP contribution in [-0.4, -0.2) is 20.5 Å². The lowest BCUT2D eigenvalue weighted by molar-refractivity contribution is 0.633. The van der Waals surface area contributed by atoms with E-state index >= 15 is 0 Å². The first-order valence-electron chi connectivity index (χ1n) is 6.19. The number of pyridine rings is 1. The second kappa shape index (κ2) is 4.35. The molecule has 0 saturated carbocycles. The van der Waals surface area contributed by atoms with Crippen molar-refractivity contribution in [1.29, 1.82) is 0 Å². The molecule has 0 bridgehead atoms. The van der Waals surface area contributed by atoms with E-state index in [4.69, 9.17) is 0 Å². The third-order valence-corrected chi connectivity index (χ3v) is 3.65. The van der Waals surface area contributed by atoms with Gasteiger partial charge in [0.05, 0.1) is 4.88 Å². The Bertz CT molecular complexity index is 705. The molecule has 3 rings (SSSR count). The van der Waals surface area contributed by atoms with Gasteiger partial charge in [0.15, 0.2) is 5.13 Å². The maximum absolute atomic E-state index is 4.44. The summed E-state index contributed by atoms with van der Waals surface area (Å²) in [4.78, 5) is 13.1. The van der Waals surface area contributed by atoms with Crippen molar-refractivity contribution in [2.45, 2.75) is 26.3 Å². The van der Waals surface area contributed by atoms with Crippen LogP contribution in [0.2, 0.25) is 0 Å². The van der Waals surface area contributed by atoms with Crippen LogP contribution in [0, 0.1) is 0 Å². The number of H-pyrrole nitrogens is 1. The summed E-state index contributed by atoms with van der Waals surface area (Å²) in [7, 11) is 0. The van der Waals surface area contributed by atoms with Crippen molar-refractivity contribution >= 4 is 27.5 Å². The summed E-state index contributed by atoms with van der Waals surface area (Å²) in [6.45, 7) is 6.39. The number of rotatable bonds is 2. The van der Waals surface area contributed by atoms with Crippen molar-refractivity contribution in [3.05, 3.63) is 30.7 Å². The maximum Gasteiger partial charge on any atom is 0.183 e. The number of anilines is 1. The van der Waals surface area contributed by atoms with Crippen LogP contribution in [-0.2, 0) is 0 Å². The van der Waals surface area contributed by atoms with Gasteiger partial charge in [-0.2, -0.15) is 0 Å². The zero-order valence-electron chi connectivity index (χ0n) is 11.2. The van der Waals surface area contributed by atoms with E-state index in [1.54, 1.807) is 17.5 Å². The lowest BCUT2D eigenvalue weighted by Gasteiger charge is -2.19. The van der Waals surface area contributed by atoms with E-state index in [0.717, 1.165) is 26.6 Å². The summed E-state index contributed by atoms with van der Waals surface area (Å²) in [6, 6.07) is 4.03. The van der Waals surface area contributed by atoms with Crippen molar-refractivity contribution in [3.8, 4) is 10.4 Å². The van der Waals surface area contributed by atoms with Gasteiger partial charge in [-0.3, -0.25) is 0 Å². The van der Waals surface area contributed by atoms with Crippen LogP contribution >= 0.6 is 11.3 Å². The average Bonchev–Trinajstić information content (AvgIpc) is 2.92. The van der Waals surface area contributed by atoms with E-state index in [-0.39, 0.29) is 5.54 Å². The minimum Gasteiger partial charge on any atom is -0.357 e. The molecule has 0 unspecified atom stereocenters. The number of aromatic amines is 1. The first-order valence-corrected chi connectivity index (χ1v) is 7.01. The Morgan fingerprint density at radius 2 is 2.11 bits per heavy atom. The molecular formula is C14H16N4S. The molecule has 0 saturated heterocycles. The first kappa shape index (κ1) is 12.2. The summed E-state index contributed by atoms with van der Waals surface area (Å²) in [5.74, 6) is 0. The normalized spacial score (nSPS) is 11.9. The summed E-state index contributed by atoms with van der Waals surface area (Å²) in [6.07, 6.45) is 5.70. The van der Waals surface area contributed by atoms with Crippen LogP contribution < -0.4 is 5.32 Å². The molecule has 19 heavy (non-hydrogen) atoms. The highest BCUT2D eigenvalue weighted by Gasteiger charge is 2.14. The lowest BCUT2D eigenvalue weighted by atomic mass is 10.1. The number of aromatic nitrogens is 3. The number of nitrogens with one attached hydrogen (secondary N) is 2. The molecule has 98 valence electrons. The van der Waals surface area contributed by atoms with Crippen molar-refractivity contribution in [3.63, 3.8) is 0 Å². The third-order valence-electron chi connectivity index (χ3n) is 2.70. The van der Waals surface area contributed by atoms with Crippen molar-refractivity contribution in [2.24, 2.45) is 0 Å². The molecule has 0 radical (unpaired) electrons. The zero-order valence-corrected chi connectivity index (χ0v) is 12.0. The van der Waals surface area contributed by atoms with Crippen LogP contribution in [0.15, 0.2) is 30.7 Å². The number of hydrogen-bond acceptors (Lipinski definition) is 4. The van der Waals surface area contributed by atoms with Gasteiger partial charge in [-0.25, -0.2) is 9.97 Å². The summed E-state index contributed by atoms with van der Waals surface area (Å²) < 4.78 is 0. The van der Waals surface area contributed by atoms with Gasteiger partial charge in [0.25, 0.3) is 0 Å². The quantitative estimate of drug-likeness (QED) is 0.744. The van der Waals surface area contributed by atoms with Crippen LogP contribution in [0.25, 0.3) is 21.5 Å². The van der Waals surface area contributed by atoms with E-state index in [1.165, 1.54) is 0 Å². The number of hydrogen-bond donors (Lipinski definition) is 2. The van der Waals surface area contributed by atoms with Gasteiger partial charge in [0.2, 0.25) is 0 Å². The van der Waals surface area contributed by atoms with Crippen LogP contribution in [0.3, 0.4) is 0 Å². The molecule has 0 aliphatic carbocycles. The Hall–Kier alpha value is -1.88. The molecule has 0 aliphatic rings. The SMILES string of the molecule is CC(C)(C)Nc1ncc(-c2c[nH]c3ncccc23)s1. The van der Waals surface area contributed by atoms with Gasteiger partial charge in [0.1, 0.15) is 5.65 Å². The second-order valence-corrected chi connectivity index (χ2v) is 6.54. The van der Waals surface area contributed by atoms with E-state index in [1.807, 2.05) is 18.5 Å². The first-order chi connectivity index (χ1) is 9.03. The Morgan fingerprint density at radius 1 is 1.26 bits per heavy atom. The molecule has 3 aromatic heterocycles. The largest absolute Gasteiger partial charge is 0.357 e. The second-order valence-electron chi connectivity index (χ2n) is 5.51. The standard InChI is InChI=1S/C14H16N4S/c1-14(2,3)18-13-17-8-11(19-13)10-7-16-12-9(10)5-4-6-15-12/h4-8H,1-3H3,(H,15,16)(H,17,18). The molecular weight excluding hydrogens is 256 g/mol. The highest BCUT2D eigenvalue weighted by molar-refractivity contribution is 7.19. The number of thiazole rings is 1. The predicted molar refractivity (Wildman–Crippen MR) is 80.6 cm³/mol. The molecule has 4 nitrogen and oxygen atoms in total. The number of nitrogens with zero attached hydrogens (tertiary/aromatic N) is 2. The molecule has 2 N–H and O–H groups in total. The van der Waals surface area contributed by atoms with Crippen molar-refractivity contribution < 1.29 is 0 Å². The maximum atomic E-state index is 4.44. The monoisotopic (exact) mass is 272 g/mol. The molecule has 0 aromatic carbocycles. The third kappa shape index (κ3) is 2.46. The topological polar surface area (TPSA) is 53.6 Å². The minimum atomic E-state index is 0.0247. The Morgan fingerprint density at radius 3 is 2.89 bits per heavy atom. The van der Waals surface area contributed by atoms with E-state index in [2.05, 4.69) is 47.1 Å². The van der Waals surface area contributed by atoms with Gasteiger partial charge in [-0.05, 0) is 32.9 Å². The minimum absolute atomic E-state index is 0.0247. The van der Waals surface area contributed by atoms with Crippen LogP contribution in [0.4, 0.5) is 5.13 Å². The fourth-order valence-corrected chi connectivity index (χ4v) is 2.99. The zero-order chi connectivity index (χ0) is 13.5. The summed E-state index contributed by atoms with van der Waals surface area (Å²) in [5, 5.41) is 5.47. The van der Waals surface area contributed by atoms with E-state index < -0.39 is 0 Å². The van der Waals surface area contributed by atoms with Crippen molar-refractivity contribution in [2.75, 3.05) is 5.32 Å². The highest BCUT2D eigenvalue weighted by Crippen LogP contribution is 2.34. The fourth-order valence-electron chi connectivity index (χ4n) is 1.94.